The van der Waals surface area contributed by atoms with Gasteiger partial charge in [-0.2, -0.15) is 0 Å². The minimum Gasteiger partial charge on any atom is -0.329 e. The van der Waals surface area contributed by atoms with Crippen LogP contribution in [0.4, 0.5) is 0 Å². The van der Waals surface area contributed by atoms with Gasteiger partial charge in [-0.05, 0) is 41.3 Å². The summed E-state index contributed by atoms with van der Waals surface area (Å²) in [4.78, 5) is 3.62. The SMILES string of the molecule is CC(CN)N(C)Cc1sccc1Br. The molecule has 0 radical (unpaired) electrons. The maximum absolute atomic E-state index is 5.59. The summed E-state index contributed by atoms with van der Waals surface area (Å²) >= 11 is 5.29. The lowest BCUT2D eigenvalue weighted by Crippen LogP contribution is -2.34. The first-order valence-corrected chi connectivity index (χ1v) is 5.94. The van der Waals surface area contributed by atoms with Gasteiger partial charge >= 0.3 is 0 Å². The van der Waals surface area contributed by atoms with Crippen LogP contribution in [0.1, 0.15) is 11.8 Å². The first-order chi connectivity index (χ1) is 6.15. The Hall–Kier alpha value is 0.100. The fourth-order valence-electron chi connectivity index (χ4n) is 1.00. The van der Waals surface area contributed by atoms with E-state index in [2.05, 4.69) is 46.2 Å². The lowest BCUT2D eigenvalue weighted by Gasteiger charge is -2.22. The van der Waals surface area contributed by atoms with E-state index in [1.54, 1.807) is 11.3 Å². The summed E-state index contributed by atoms with van der Waals surface area (Å²) < 4.78 is 1.20. The molecule has 0 fully saturated rings. The average Bonchev–Trinajstić information content (AvgIpc) is 2.50. The predicted molar refractivity (Wildman–Crippen MR) is 62.0 cm³/mol. The van der Waals surface area contributed by atoms with E-state index in [1.807, 2.05) is 0 Å². The van der Waals surface area contributed by atoms with Crippen LogP contribution >= 0.6 is 27.3 Å². The summed E-state index contributed by atoms with van der Waals surface area (Å²) in [5, 5.41) is 2.10. The minimum absolute atomic E-state index is 0.439. The Labute approximate surface area is 91.9 Å². The third-order valence-corrected chi connectivity index (χ3v) is 4.09. The Kier molecular flexibility index (Phi) is 4.38. The van der Waals surface area contributed by atoms with Gasteiger partial charge in [-0.15, -0.1) is 11.3 Å². The first kappa shape index (κ1) is 11.2. The number of likely N-dealkylation sites (N-methyl/N-ethyl adjacent to an activating group) is 1. The van der Waals surface area contributed by atoms with Crippen molar-refractivity contribution in [2.24, 2.45) is 5.73 Å². The lowest BCUT2D eigenvalue weighted by molar-refractivity contribution is 0.256. The molecule has 1 rings (SSSR count). The Bertz CT molecular complexity index is 262. The molecule has 0 spiro atoms. The molecule has 4 heteroatoms. The third-order valence-electron chi connectivity index (χ3n) is 2.18. The van der Waals surface area contributed by atoms with Gasteiger partial charge in [-0.1, -0.05) is 0 Å². The molecule has 13 heavy (non-hydrogen) atoms. The molecule has 0 aliphatic carbocycles. The van der Waals surface area contributed by atoms with Crippen molar-refractivity contribution in [3.63, 3.8) is 0 Å². The molecule has 1 atom stereocenters. The fraction of sp³-hybridized carbons (Fsp3) is 0.556. The molecule has 1 heterocycles. The lowest BCUT2D eigenvalue weighted by atomic mass is 10.3. The van der Waals surface area contributed by atoms with Crippen molar-refractivity contribution in [3.05, 3.63) is 20.8 Å². The Morgan fingerprint density at radius 2 is 2.38 bits per heavy atom. The number of nitrogens with zero attached hydrogens (tertiary/aromatic N) is 1. The van der Waals surface area contributed by atoms with Gasteiger partial charge in [0.05, 0.1) is 0 Å². The van der Waals surface area contributed by atoms with Crippen LogP contribution in [0.25, 0.3) is 0 Å². The van der Waals surface area contributed by atoms with E-state index in [0.29, 0.717) is 12.6 Å². The van der Waals surface area contributed by atoms with Gasteiger partial charge < -0.3 is 5.73 Å². The molecule has 1 unspecified atom stereocenters. The van der Waals surface area contributed by atoms with Gasteiger partial charge in [0.1, 0.15) is 0 Å². The number of halogens is 1. The maximum Gasteiger partial charge on any atom is 0.0339 e. The fourth-order valence-corrected chi connectivity index (χ4v) is 2.54. The van der Waals surface area contributed by atoms with Gasteiger partial charge in [0.25, 0.3) is 0 Å². The Morgan fingerprint density at radius 3 is 2.85 bits per heavy atom. The molecule has 0 saturated heterocycles. The molecule has 0 amide bonds. The summed E-state index contributed by atoms with van der Waals surface area (Å²) in [5.41, 5.74) is 5.59. The second-order valence-electron chi connectivity index (χ2n) is 3.19. The molecule has 2 N–H and O–H groups in total. The van der Waals surface area contributed by atoms with Crippen molar-refractivity contribution in [1.82, 2.24) is 4.90 Å². The number of thiophene rings is 1. The summed E-state index contributed by atoms with van der Waals surface area (Å²) in [6.45, 7) is 3.82. The normalized spacial score (nSPS) is 13.6. The smallest absolute Gasteiger partial charge is 0.0339 e. The number of hydrogen-bond acceptors (Lipinski definition) is 3. The van der Waals surface area contributed by atoms with Crippen molar-refractivity contribution in [1.29, 1.82) is 0 Å². The van der Waals surface area contributed by atoms with Crippen LogP contribution in [-0.4, -0.2) is 24.5 Å². The van der Waals surface area contributed by atoms with E-state index in [9.17, 15) is 0 Å². The van der Waals surface area contributed by atoms with E-state index in [0.717, 1.165) is 6.54 Å². The van der Waals surface area contributed by atoms with Crippen molar-refractivity contribution in [2.75, 3.05) is 13.6 Å². The second-order valence-corrected chi connectivity index (χ2v) is 5.05. The molecule has 1 aromatic rings. The summed E-state index contributed by atoms with van der Waals surface area (Å²) in [7, 11) is 2.10. The Morgan fingerprint density at radius 1 is 1.69 bits per heavy atom. The quantitative estimate of drug-likeness (QED) is 0.903. The second kappa shape index (κ2) is 5.10. The highest BCUT2D eigenvalue weighted by molar-refractivity contribution is 9.10. The summed E-state index contributed by atoms with van der Waals surface area (Å²) in [6, 6.07) is 2.52. The highest BCUT2D eigenvalue weighted by atomic mass is 79.9. The highest BCUT2D eigenvalue weighted by Gasteiger charge is 2.09. The zero-order chi connectivity index (χ0) is 9.84. The molecule has 0 bridgehead atoms. The molecule has 74 valence electrons. The van der Waals surface area contributed by atoms with Crippen molar-refractivity contribution in [2.45, 2.75) is 19.5 Å². The van der Waals surface area contributed by atoms with E-state index in [1.165, 1.54) is 9.35 Å². The predicted octanol–water partition coefficient (Wildman–Crippen LogP) is 2.29. The first-order valence-electron chi connectivity index (χ1n) is 4.27. The van der Waals surface area contributed by atoms with Gasteiger partial charge in [-0.3, -0.25) is 4.90 Å². The average molecular weight is 263 g/mol. The largest absolute Gasteiger partial charge is 0.329 e. The highest BCUT2D eigenvalue weighted by Crippen LogP contribution is 2.24. The van der Waals surface area contributed by atoms with Crippen molar-refractivity contribution < 1.29 is 0 Å². The van der Waals surface area contributed by atoms with E-state index in [4.69, 9.17) is 5.73 Å². The van der Waals surface area contributed by atoms with E-state index < -0.39 is 0 Å². The molecular formula is C9H15BrN2S. The number of rotatable bonds is 4. The molecule has 0 saturated carbocycles. The van der Waals surface area contributed by atoms with Crippen LogP contribution in [0.15, 0.2) is 15.9 Å². The number of nitrogens with two attached hydrogens (primary N) is 1. The molecule has 0 aliphatic heterocycles. The third kappa shape index (κ3) is 3.06. The van der Waals surface area contributed by atoms with Gasteiger partial charge in [0, 0.05) is 28.5 Å². The van der Waals surface area contributed by atoms with Crippen LogP contribution in [-0.2, 0) is 6.54 Å². The number of hydrogen-bond donors (Lipinski definition) is 1. The Balaban J connectivity index is 2.54. The monoisotopic (exact) mass is 262 g/mol. The molecule has 1 aromatic heterocycles. The van der Waals surface area contributed by atoms with Crippen LogP contribution in [0.2, 0.25) is 0 Å². The molecule has 2 nitrogen and oxygen atoms in total. The summed E-state index contributed by atoms with van der Waals surface area (Å²) in [5.74, 6) is 0. The van der Waals surface area contributed by atoms with E-state index in [-0.39, 0.29) is 0 Å². The molecule has 0 aromatic carbocycles. The zero-order valence-electron chi connectivity index (χ0n) is 7.96. The van der Waals surface area contributed by atoms with Crippen molar-refractivity contribution >= 4 is 27.3 Å². The minimum atomic E-state index is 0.439. The van der Waals surface area contributed by atoms with Crippen LogP contribution < -0.4 is 5.73 Å². The van der Waals surface area contributed by atoms with Crippen LogP contribution in [0.5, 0.6) is 0 Å². The molecular weight excluding hydrogens is 248 g/mol. The standard InChI is InChI=1S/C9H15BrN2S/c1-7(5-11)12(2)6-9-8(10)3-4-13-9/h3-4,7H,5-6,11H2,1-2H3. The van der Waals surface area contributed by atoms with Gasteiger partial charge in [-0.25, -0.2) is 0 Å². The zero-order valence-corrected chi connectivity index (χ0v) is 10.4. The maximum atomic E-state index is 5.59. The topological polar surface area (TPSA) is 29.3 Å². The van der Waals surface area contributed by atoms with Crippen molar-refractivity contribution in [3.8, 4) is 0 Å². The van der Waals surface area contributed by atoms with E-state index >= 15 is 0 Å². The molecule has 0 aliphatic rings. The van der Waals surface area contributed by atoms with Gasteiger partial charge in [0.2, 0.25) is 0 Å². The van der Waals surface area contributed by atoms with Gasteiger partial charge in [0.15, 0.2) is 0 Å². The van der Waals surface area contributed by atoms with Crippen LogP contribution in [0.3, 0.4) is 0 Å². The summed E-state index contributed by atoms with van der Waals surface area (Å²) in [6.07, 6.45) is 0. The van der Waals surface area contributed by atoms with Crippen LogP contribution in [0, 0.1) is 0 Å².